The van der Waals surface area contributed by atoms with E-state index in [2.05, 4.69) is 56.3 Å². The van der Waals surface area contributed by atoms with Gasteiger partial charge in [0.1, 0.15) is 11.9 Å². The molecule has 0 aliphatic heterocycles. The van der Waals surface area contributed by atoms with E-state index in [9.17, 15) is 0 Å². The Morgan fingerprint density at radius 3 is 2.63 bits per heavy atom. The second-order valence-corrected chi connectivity index (χ2v) is 5.82. The predicted molar refractivity (Wildman–Crippen MR) is 79.4 cm³/mol. The van der Waals surface area contributed by atoms with Crippen LogP contribution in [0.4, 0.5) is 0 Å². The molecule has 2 aromatic carbocycles. The van der Waals surface area contributed by atoms with Gasteiger partial charge < -0.3 is 10.5 Å². The van der Waals surface area contributed by atoms with E-state index in [1.165, 1.54) is 10.8 Å². The molecule has 3 rings (SSSR count). The van der Waals surface area contributed by atoms with E-state index < -0.39 is 0 Å². The zero-order valence-electron chi connectivity index (χ0n) is 11.6. The molecule has 0 heterocycles. The van der Waals surface area contributed by atoms with E-state index in [1.54, 1.807) is 0 Å². The van der Waals surface area contributed by atoms with E-state index in [-0.39, 0.29) is 17.6 Å². The van der Waals surface area contributed by atoms with Crippen LogP contribution in [0.25, 0.3) is 10.8 Å². The van der Waals surface area contributed by atoms with Crippen molar-refractivity contribution in [3.8, 4) is 5.75 Å². The SMILES string of the molecule is CCC1(C)C(N)CC1Oc1ccc2ccccc2c1. The van der Waals surface area contributed by atoms with E-state index in [0.717, 1.165) is 18.6 Å². The standard InChI is InChI=1S/C17H21NO/c1-3-17(2)15(18)11-16(17)19-14-9-8-12-6-4-5-7-13(12)10-14/h4-10,15-16H,3,11,18H2,1-2H3. The van der Waals surface area contributed by atoms with Gasteiger partial charge in [0.2, 0.25) is 0 Å². The quantitative estimate of drug-likeness (QED) is 0.907. The number of hydrogen-bond acceptors (Lipinski definition) is 2. The minimum absolute atomic E-state index is 0.117. The summed E-state index contributed by atoms with van der Waals surface area (Å²) >= 11 is 0. The van der Waals surface area contributed by atoms with Crippen LogP contribution < -0.4 is 10.5 Å². The van der Waals surface area contributed by atoms with Gasteiger partial charge in [-0.1, -0.05) is 44.2 Å². The number of nitrogens with two attached hydrogens (primary N) is 1. The Balaban J connectivity index is 1.82. The highest BCUT2D eigenvalue weighted by atomic mass is 16.5. The van der Waals surface area contributed by atoms with Crippen molar-refractivity contribution in [2.24, 2.45) is 11.1 Å². The van der Waals surface area contributed by atoms with Gasteiger partial charge in [-0.3, -0.25) is 0 Å². The van der Waals surface area contributed by atoms with Crippen LogP contribution >= 0.6 is 0 Å². The Morgan fingerprint density at radius 2 is 1.95 bits per heavy atom. The Morgan fingerprint density at radius 1 is 1.21 bits per heavy atom. The summed E-state index contributed by atoms with van der Waals surface area (Å²) in [5.74, 6) is 0.954. The van der Waals surface area contributed by atoms with Crippen LogP contribution in [0.3, 0.4) is 0 Å². The lowest BCUT2D eigenvalue weighted by Crippen LogP contribution is -2.61. The van der Waals surface area contributed by atoms with Gasteiger partial charge in [0.05, 0.1) is 0 Å². The van der Waals surface area contributed by atoms with E-state index >= 15 is 0 Å². The van der Waals surface area contributed by atoms with Crippen molar-refractivity contribution in [3.05, 3.63) is 42.5 Å². The summed E-state index contributed by atoms with van der Waals surface area (Å²) in [6.45, 7) is 4.42. The van der Waals surface area contributed by atoms with Crippen LogP contribution in [0.1, 0.15) is 26.7 Å². The molecule has 0 bridgehead atoms. The summed E-state index contributed by atoms with van der Waals surface area (Å²) in [7, 11) is 0. The molecule has 2 aromatic rings. The third kappa shape index (κ3) is 2.00. The van der Waals surface area contributed by atoms with Crippen LogP contribution in [0.15, 0.2) is 42.5 Å². The van der Waals surface area contributed by atoms with Crippen LogP contribution in [-0.2, 0) is 0 Å². The molecule has 0 aromatic heterocycles. The lowest BCUT2D eigenvalue weighted by atomic mass is 9.62. The van der Waals surface area contributed by atoms with Gasteiger partial charge in [-0.2, -0.15) is 0 Å². The van der Waals surface area contributed by atoms with E-state index in [1.807, 2.05) is 0 Å². The Kier molecular flexibility index (Phi) is 2.98. The lowest BCUT2D eigenvalue weighted by Gasteiger charge is -2.51. The van der Waals surface area contributed by atoms with Gasteiger partial charge in [0.15, 0.2) is 0 Å². The number of ether oxygens (including phenoxy) is 1. The van der Waals surface area contributed by atoms with Gasteiger partial charge in [-0.25, -0.2) is 0 Å². The molecular formula is C17H21NO. The van der Waals surface area contributed by atoms with Crippen molar-refractivity contribution in [2.45, 2.75) is 38.8 Å². The average molecular weight is 255 g/mol. The number of rotatable bonds is 3. The minimum Gasteiger partial charge on any atom is -0.490 e. The van der Waals surface area contributed by atoms with Gasteiger partial charge >= 0.3 is 0 Å². The van der Waals surface area contributed by atoms with Crippen LogP contribution in [0, 0.1) is 5.41 Å². The summed E-state index contributed by atoms with van der Waals surface area (Å²) < 4.78 is 6.16. The first-order chi connectivity index (χ1) is 9.13. The molecule has 1 aliphatic rings. The van der Waals surface area contributed by atoms with Crippen LogP contribution in [0.5, 0.6) is 5.75 Å². The summed E-state index contributed by atoms with van der Waals surface area (Å²) in [5, 5.41) is 2.47. The third-order valence-electron chi connectivity index (χ3n) is 4.81. The lowest BCUT2D eigenvalue weighted by molar-refractivity contribution is -0.0559. The first-order valence-electron chi connectivity index (χ1n) is 7.04. The van der Waals surface area contributed by atoms with Crippen LogP contribution in [0.2, 0.25) is 0 Å². The summed E-state index contributed by atoms with van der Waals surface area (Å²) in [5.41, 5.74) is 6.24. The second kappa shape index (κ2) is 4.53. The fraction of sp³-hybridized carbons (Fsp3) is 0.412. The van der Waals surface area contributed by atoms with Crippen molar-refractivity contribution in [3.63, 3.8) is 0 Å². The molecule has 2 N–H and O–H groups in total. The molecule has 100 valence electrons. The molecular weight excluding hydrogens is 234 g/mol. The maximum atomic E-state index is 6.16. The summed E-state index contributed by atoms with van der Waals surface area (Å²) in [4.78, 5) is 0. The van der Waals surface area contributed by atoms with Gasteiger partial charge in [0.25, 0.3) is 0 Å². The highest BCUT2D eigenvalue weighted by molar-refractivity contribution is 5.83. The summed E-state index contributed by atoms with van der Waals surface area (Å²) in [6, 6.07) is 14.9. The molecule has 1 aliphatic carbocycles. The van der Waals surface area contributed by atoms with Crippen molar-refractivity contribution in [1.29, 1.82) is 0 Å². The predicted octanol–water partition coefficient (Wildman–Crippen LogP) is 3.73. The Labute approximate surface area is 114 Å². The Hall–Kier alpha value is -1.54. The van der Waals surface area contributed by atoms with Crippen LogP contribution in [-0.4, -0.2) is 12.1 Å². The summed E-state index contributed by atoms with van der Waals surface area (Å²) in [6.07, 6.45) is 2.26. The normalized spacial score (nSPS) is 30.1. The number of fused-ring (bicyclic) bond motifs is 1. The van der Waals surface area contributed by atoms with Gasteiger partial charge in [0, 0.05) is 17.9 Å². The van der Waals surface area contributed by atoms with Crippen molar-refractivity contribution < 1.29 is 4.74 Å². The van der Waals surface area contributed by atoms with E-state index in [4.69, 9.17) is 10.5 Å². The first-order valence-corrected chi connectivity index (χ1v) is 7.04. The van der Waals surface area contributed by atoms with E-state index in [0.29, 0.717) is 0 Å². The molecule has 0 radical (unpaired) electrons. The number of benzene rings is 2. The van der Waals surface area contributed by atoms with Gasteiger partial charge in [-0.05, 0) is 29.3 Å². The smallest absolute Gasteiger partial charge is 0.120 e. The Bertz CT molecular complexity index is 595. The molecule has 0 amide bonds. The zero-order chi connectivity index (χ0) is 13.5. The molecule has 1 saturated carbocycles. The average Bonchev–Trinajstić information content (AvgIpc) is 2.46. The molecule has 19 heavy (non-hydrogen) atoms. The third-order valence-corrected chi connectivity index (χ3v) is 4.81. The topological polar surface area (TPSA) is 35.2 Å². The maximum absolute atomic E-state index is 6.16. The highest BCUT2D eigenvalue weighted by Gasteiger charge is 2.50. The molecule has 2 nitrogen and oxygen atoms in total. The monoisotopic (exact) mass is 255 g/mol. The first kappa shape index (κ1) is 12.5. The maximum Gasteiger partial charge on any atom is 0.120 e. The van der Waals surface area contributed by atoms with Gasteiger partial charge in [-0.15, -0.1) is 0 Å². The fourth-order valence-electron chi connectivity index (χ4n) is 2.92. The number of hydrogen-bond donors (Lipinski definition) is 1. The molecule has 1 fully saturated rings. The fourth-order valence-corrected chi connectivity index (χ4v) is 2.92. The zero-order valence-corrected chi connectivity index (χ0v) is 11.6. The highest BCUT2D eigenvalue weighted by Crippen LogP contribution is 2.44. The largest absolute Gasteiger partial charge is 0.490 e. The van der Waals surface area contributed by atoms with Crippen molar-refractivity contribution in [2.75, 3.05) is 0 Å². The second-order valence-electron chi connectivity index (χ2n) is 5.82. The molecule has 3 atom stereocenters. The minimum atomic E-state index is 0.117. The molecule has 3 unspecified atom stereocenters. The van der Waals surface area contributed by atoms with Crippen molar-refractivity contribution in [1.82, 2.24) is 0 Å². The van der Waals surface area contributed by atoms with Crippen molar-refractivity contribution >= 4 is 10.8 Å². The molecule has 0 saturated heterocycles. The molecule has 2 heteroatoms. The molecule has 0 spiro atoms.